The van der Waals surface area contributed by atoms with Crippen LogP contribution in [0.4, 0.5) is 5.69 Å². The SMILES string of the molecule is CCOc1ccc(N(CC(=O)N(Cc2ccc(Br)cc2)[C@H](C)C(=O)NC(C)(C)C)S(=O)(=O)c2ccc(Br)cc2)cc1. The minimum Gasteiger partial charge on any atom is -0.494 e. The molecule has 3 rings (SSSR count). The average Bonchev–Trinajstić information content (AvgIpc) is 2.91. The fraction of sp³-hybridized carbons (Fsp3) is 0.333. The molecule has 8 nitrogen and oxygen atoms in total. The maximum absolute atomic E-state index is 14.0. The standard InChI is InChI=1S/C30H35Br2N3O5S/c1-6-40-26-15-13-25(14-16-26)35(41(38,39)27-17-11-24(32)12-18-27)20-28(36)34(19-22-7-9-23(31)10-8-22)21(2)29(37)33-30(3,4)5/h7-18,21H,6,19-20H2,1-5H3,(H,33,37)/t21-/m1/s1. The summed E-state index contributed by atoms with van der Waals surface area (Å²) >= 11 is 6.76. The van der Waals surface area contributed by atoms with E-state index in [1.54, 1.807) is 43.3 Å². The molecule has 1 atom stereocenters. The zero-order valence-corrected chi connectivity index (χ0v) is 27.7. The lowest BCUT2D eigenvalue weighted by molar-refractivity contribution is -0.140. The van der Waals surface area contributed by atoms with Gasteiger partial charge in [0.25, 0.3) is 10.0 Å². The Labute approximate surface area is 259 Å². The summed E-state index contributed by atoms with van der Waals surface area (Å²) in [6.07, 6.45) is 0. The van der Waals surface area contributed by atoms with Gasteiger partial charge in [0, 0.05) is 21.0 Å². The minimum atomic E-state index is -4.16. The van der Waals surface area contributed by atoms with E-state index in [4.69, 9.17) is 4.74 Å². The van der Waals surface area contributed by atoms with Gasteiger partial charge in [-0.3, -0.25) is 13.9 Å². The molecule has 2 amide bonds. The van der Waals surface area contributed by atoms with Gasteiger partial charge in [-0.15, -0.1) is 0 Å². The molecular weight excluding hydrogens is 674 g/mol. The average molecular weight is 710 g/mol. The van der Waals surface area contributed by atoms with Crippen LogP contribution in [0.2, 0.25) is 0 Å². The zero-order valence-electron chi connectivity index (χ0n) is 23.7. The van der Waals surface area contributed by atoms with Crippen molar-refractivity contribution in [2.24, 2.45) is 0 Å². The number of ether oxygens (including phenoxy) is 1. The van der Waals surface area contributed by atoms with Crippen LogP contribution in [0.25, 0.3) is 0 Å². The van der Waals surface area contributed by atoms with E-state index in [-0.39, 0.29) is 17.3 Å². The number of hydrogen-bond donors (Lipinski definition) is 1. The number of halogens is 2. The molecule has 0 unspecified atom stereocenters. The number of rotatable bonds is 11. The summed E-state index contributed by atoms with van der Waals surface area (Å²) < 4.78 is 36.0. The smallest absolute Gasteiger partial charge is 0.264 e. The molecule has 0 aliphatic heterocycles. The molecular formula is C30H35Br2N3O5S. The summed E-state index contributed by atoms with van der Waals surface area (Å²) in [5, 5.41) is 2.92. The summed E-state index contributed by atoms with van der Waals surface area (Å²) in [6.45, 7) is 9.12. The zero-order chi connectivity index (χ0) is 30.4. The Balaban J connectivity index is 2.03. The molecule has 3 aromatic carbocycles. The molecule has 0 aliphatic rings. The molecule has 0 aromatic heterocycles. The van der Waals surface area contributed by atoms with Crippen molar-refractivity contribution < 1.29 is 22.7 Å². The first-order valence-corrected chi connectivity index (χ1v) is 16.1. The number of benzene rings is 3. The van der Waals surface area contributed by atoms with Crippen LogP contribution in [0.15, 0.2) is 86.6 Å². The van der Waals surface area contributed by atoms with Crippen LogP contribution in [-0.2, 0) is 26.2 Å². The van der Waals surface area contributed by atoms with Gasteiger partial charge in [0.15, 0.2) is 0 Å². The summed E-state index contributed by atoms with van der Waals surface area (Å²) in [7, 11) is -4.16. The Kier molecular flexibility index (Phi) is 11.0. The van der Waals surface area contributed by atoms with Crippen LogP contribution in [0.3, 0.4) is 0 Å². The van der Waals surface area contributed by atoms with Gasteiger partial charge >= 0.3 is 0 Å². The van der Waals surface area contributed by atoms with E-state index < -0.39 is 34.1 Å². The number of anilines is 1. The van der Waals surface area contributed by atoms with Crippen LogP contribution in [-0.4, -0.2) is 49.9 Å². The van der Waals surface area contributed by atoms with Crippen molar-refractivity contribution >= 4 is 59.4 Å². The highest BCUT2D eigenvalue weighted by atomic mass is 79.9. The van der Waals surface area contributed by atoms with E-state index in [9.17, 15) is 18.0 Å². The summed E-state index contributed by atoms with van der Waals surface area (Å²) in [4.78, 5) is 28.6. The van der Waals surface area contributed by atoms with Crippen molar-refractivity contribution in [2.45, 2.75) is 57.6 Å². The van der Waals surface area contributed by atoms with E-state index in [1.165, 1.54) is 17.0 Å². The molecule has 41 heavy (non-hydrogen) atoms. The second kappa shape index (κ2) is 13.8. The first kappa shape index (κ1) is 32.6. The van der Waals surface area contributed by atoms with Crippen LogP contribution in [0, 0.1) is 0 Å². The van der Waals surface area contributed by atoms with Gasteiger partial charge in [0.05, 0.1) is 17.2 Å². The third-order valence-corrected chi connectivity index (χ3v) is 8.89. The van der Waals surface area contributed by atoms with Gasteiger partial charge in [-0.1, -0.05) is 44.0 Å². The first-order chi connectivity index (χ1) is 19.2. The third kappa shape index (κ3) is 9.05. The normalized spacial score (nSPS) is 12.4. The van der Waals surface area contributed by atoms with Crippen LogP contribution < -0.4 is 14.4 Å². The predicted octanol–water partition coefficient (Wildman–Crippen LogP) is 6.14. The van der Waals surface area contributed by atoms with Gasteiger partial charge in [0.1, 0.15) is 18.3 Å². The number of sulfonamides is 1. The van der Waals surface area contributed by atoms with Gasteiger partial charge in [-0.25, -0.2) is 8.42 Å². The van der Waals surface area contributed by atoms with Crippen LogP contribution in [0.1, 0.15) is 40.2 Å². The number of carbonyl (C=O) groups excluding carboxylic acids is 2. The number of hydrogen-bond acceptors (Lipinski definition) is 5. The second-order valence-electron chi connectivity index (χ2n) is 10.5. The lowest BCUT2D eigenvalue weighted by atomic mass is 10.1. The van der Waals surface area contributed by atoms with E-state index >= 15 is 0 Å². The topological polar surface area (TPSA) is 96.0 Å². The quantitative estimate of drug-likeness (QED) is 0.258. The molecule has 0 bridgehead atoms. The van der Waals surface area contributed by atoms with Crippen molar-refractivity contribution in [3.8, 4) is 5.75 Å². The lowest BCUT2D eigenvalue weighted by Gasteiger charge is -2.33. The third-order valence-electron chi connectivity index (χ3n) is 6.05. The van der Waals surface area contributed by atoms with Crippen molar-refractivity contribution in [2.75, 3.05) is 17.5 Å². The highest BCUT2D eigenvalue weighted by molar-refractivity contribution is 9.10. The number of amides is 2. The van der Waals surface area contributed by atoms with E-state index in [0.717, 1.165) is 18.8 Å². The molecule has 0 heterocycles. The Morgan fingerprint density at radius 1 is 0.902 bits per heavy atom. The number of nitrogens with one attached hydrogen (secondary N) is 1. The van der Waals surface area contributed by atoms with Gasteiger partial charge in [0.2, 0.25) is 11.8 Å². The van der Waals surface area contributed by atoms with Crippen molar-refractivity contribution in [3.63, 3.8) is 0 Å². The monoisotopic (exact) mass is 707 g/mol. The molecule has 3 aromatic rings. The second-order valence-corrected chi connectivity index (χ2v) is 14.1. The Morgan fingerprint density at radius 3 is 1.95 bits per heavy atom. The van der Waals surface area contributed by atoms with Gasteiger partial charge in [-0.05, 0) is 101 Å². The summed E-state index contributed by atoms with van der Waals surface area (Å²) in [6, 6.07) is 19.3. The molecule has 0 saturated carbocycles. The maximum Gasteiger partial charge on any atom is 0.264 e. The lowest BCUT2D eigenvalue weighted by Crippen LogP contribution is -2.54. The fourth-order valence-electron chi connectivity index (χ4n) is 3.98. The molecule has 11 heteroatoms. The van der Waals surface area contributed by atoms with Crippen molar-refractivity contribution in [3.05, 3.63) is 87.3 Å². The predicted molar refractivity (Wildman–Crippen MR) is 168 cm³/mol. The largest absolute Gasteiger partial charge is 0.494 e. The highest BCUT2D eigenvalue weighted by Crippen LogP contribution is 2.27. The summed E-state index contributed by atoms with van der Waals surface area (Å²) in [5.41, 5.74) is 0.567. The highest BCUT2D eigenvalue weighted by Gasteiger charge is 2.33. The Morgan fingerprint density at radius 2 is 1.44 bits per heavy atom. The fourth-order valence-corrected chi connectivity index (χ4v) is 5.92. The van der Waals surface area contributed by atoms with Gasteiger partial charge in [-0.2, -0.15) is 0 Å². The molecule has 0 aliphatic carbocycles. The Hall–Kier alpha value is -2.89. The van der Waals surface area contributed by atoms with E-state index in [0.29, 0.717) is 18.0 Å². The molecule has 0 fully saturated rings. The Bertz CT molecular complexity index is 1440. The maximum atomic E-state index is 14.0. The molecule has 1 N–H and O–H groups in total. The number of carbonyl (C=O) groups is 2. The van der Waals surface area contributed by atoms with Crippen LogP contribution in [0.5, 0.6) is 5.75 Å². The molecule has 0 spiro atoms. The van der Waals surface area contributed by atoms with E-state index in [2.05, 4.69) is 37.2 Å². The molecule has 0 saturated heterocycles. The molecule has 220 valence electrons. The number of nitrogens with zero attached hydrogens (tertiary/aromatic N) is 2. The first-order valence-electron chi connectivity index (χ1n) is 13.1. The van der Waals surface area contributed by atoms with Crippen molar-refractivity contribution in [1.82, 2.24) is 10.2 Å². The van der Waals surface area contributed by atoms with E-state index in [1.807, 2.05) is 52.0 Å². The van der Waals surface area contributed by atoms with Gasteiger partial charge < -0.3 is 15.0 Å². The van der Waals surface area contributed by atoms with Crippen molar-refractivity contribution in [1.29, 1.82) is 0 Å². The molecule has 0 radical (unpaired) electrons. The summed E-state index contributed by atoms with van der Waals surface area (Å²) in [5.74, 6) is -0.293. The minimum absolute atomic E-state index is 0.0281. The van der Waals surface area contributed by atoms with Crippen LogP contribution >= 0.6 is 31.9 Å².